The average Bonchev–Trinajstić information content (AvgIpc) is 3.08. The first-order chi connectivity index (χ1) is 16.7. The van der Waals surface area contributed by atoms with Crippen molar-refractivity contribution < 1.29 is 19.2 Å². The molecule has 0 bridgehead atoms. The highest BCUT2D eigenvalue weighted by atomic mass is 16.2. The van der Waals surface area contributed by atoms with E-state index in [-0.39, 0.29) is 30.8 Å². The molecule has 2 aromatic carbocycles. The second-order valence-corrected chi connectivity index (χ2v) is 10.2. The standard InChI is InChI=1S/C27H30N4O4/c1-27(2,19-8-6-17(7-9-19)16-4-3-5-16)30-26(35)28-20-10-11-21-18(14-20)15-31(25(21)34)22-12-13-23(32)29-24(22)33/h6-11,14,16,22H,3-5,12-13,15H2,1-2H3,(H2,28,30,35)(H,29,32,33). The van der Waals surface area contributed by atoms with Gasteiger partial charge < -0.3 is 15.5 Å². The molecule has 5 amide bonds. The lowest BCUT2D eigenvalue weighted by Crippen LogP contribution is -2.52. The molecule has 3 N–H and O–H groups in total. The lowest BCUT2D eigenvalue weighted by atomic mass is 9.79. The van der Waals surface area contributed by atoms with Gasteiger partial charge in [-0.25, -0.2) is 4.79 Å². The summed E-state index contributed by atoms with van der Waals surface area (Å²) in [6, 6.07) is 12.6. The van der Waals surface area contributed by atoms with Gasteiger partial charge in [0.1, 0.15) is 6.04 Å². The van der Waals surface area contributed by atoms with E-state index in [1.54, 1.807) is 18.2 Å². The van der Waals surface area contributed by atoms with Crippen LogP contribution in [0.5, 0.6) is 0 Å². The van der Waals surface area contributed by atoms with E-state index in [1.165, 1.54) is 29.7 Å². The summed E-state index contributed by atoms with van der Waals surface area (Å²) in [6.07, 6.45) is 4.32. The van der Waals surface area contributed by atoms with Crippen molar-refractivity contribution in [3.05, 3.63) is 64.7 Å². The Morgan fingerprint density at radius 3 is 2.43 bits per heavy atom. The third-order valence-electron chi connectivity index (χ3n) is 7.42. The van der Waals surface area contributed by atoms with Crippen LogP contribution in [0.1, 0.15) is 78.9 Å². The Hall–Kier alpha value is -3.68. The second kappa shape index (κ2) is 8.83. The van der Waals surface area contributed by atoms with Crippen molar-refractivity contribution >= 4 is 29.4 Å². The number of nitrogens with zero attached hydrogens (tertiary/aromatic N) is 1. The molecule has 2 aliphatic heterocycles. The molecule has 35 heavy (non-hydrogen) atoms. The Morgan fingerprint density at radius 1 is 1.03 bits per heavy atom. The van der Waals surface area contributed by atoms with E-state index in [0.717, 1.165) is 11.1 Å². The average molecular weight is 475 g/mol. The SMILES string of the molecule is CC(C)(NC(=O)Nc1ccc2c(c1)CN(C1CCC(=O)NC1=O)C2=O)c1ccc(C2CCC2)cc1. The summed E-state index contributed by atoms with van der Waals surface area (Å²) in [4.78, 5) is 50.8. The molecule has 8 heteroatoms. The number of urea groups is 1. The van der Waals surface area contributed by atoms with Crippen molar-refractivity contribution in [2.75, 3.05) is 5.32 Å². The molecule has 182 valence electrons. The molecule has 2 fully saturated rings. The summed E-state index contributed by atoms with van der Waals surface area (Å²) in [5.41, 5.74) is 3.62. The van der Waals surface area contributed by atoms with Gasteiger partial charge in [0.25, 0.3) is 5.91 Å². The van der Waals surface area contributed by atoms with Crippen LogP contribution in [-0.2, 0) is 21.7 Å². The predicted molar refractivity (Wildman–Crippen MR) is 131 cm³/mol. The fraction of sp³-hybridized carbons (Fsp3) is 0.407. The monoisotopic (exact) mass is 474 g/mol. The second-order valence-electron chi connectivity index (χ2n) is 10.2. The number of carbonyl (C=O) groups is 4. The molecule has 0 aromatic heterocycles. The smallest absolute Gasteiger partial charge is 0.319 e. The fourth-order valence-corrected chi connectivity index (χ4v) is 5.08. The number of amides is 5. The van der Waals surface area contributed by atoms with Gasteiger partial charge in [-0.15, -0.1) is 0 Å². The molecule has 8 nitrogen and oxygen atoms in total. The van der Waals surface area contributed by atoms with E-state index in [9.17, 15) is 19.2 Å². The summed E-state index contributed by atoms with van der Waals surface area (Å²) >= 11 is 0. The first-order valence-electron chi connectivity index (χ1n) is 12.2. The highest BCUT2D eigenvalue weighted by molar-refractivity contribution is 6.05. The van der Waals surface area contributed by atoms with Gasteiger partial charge in [0.2, 0.25) is 11.8 Å². The highest BCUT2D eigenvalue weighted by Crippen LogP contribution is 2.37. The normalized spacial score (nSPS) is 20.2. The van der Waals surface area contributed by atoms with Crippen LogP contribution in [0, 0.1) is 0 Å². The molecule has 1 aliphatic carbocycles. The summed E-state index contributed by atoms with van der Waals surface area (Å²) in [5, 5.41) is 8.20. The maximum atomic E-state index is 12.9. The van der Waals surface area contributed by atoms with Gasteiger partial charge >= 0.3 is 6.03 Å². The number of nitrogens with one attached hydrogen (secondary N) is 3. The number of benzene rings is 2. The lowest BCUT2D eigenvalue weighted by molar-refractivity contribution is -0.136. The van der Waals surface area contributed by atoms with Crippen LogP contribution in [0.4, 0.5) is 10.5 Å². The van der Waals surface area contributed by atoms with Crippen molar-refractivity contribution in [2.24, 2.45) is 0 Å². The van der Waals surface area contributed by atoms with Gasteiger partial charge in [-0.1, -0.05) is 30.7 Å². The fourth-order valence-electron chi connectivity index (χ4n) is 5.08. The molecule has 1 saturated carbocycles. The van der Waals surface area contributed by atoms with Crippen LogP contribution >= 0.6 is 0 Å². The van der Waals surface area contributed by atoms with Crippen molar-refractivity contribution in [1.82, 2.24) is 15.5 Å². The Labute approximate surface area is 204 Å². The first kappa shape index (κ1) is 23.1. The van der Waals surface area contributed by atoms with E-state index >= 15 is 0 Å². The molecule has 1 saturated heterocycles. The predicted octanol–water partition coefficient (Wildman–Crippen LogP) is 3.77. The van der Waals surface area contributed by atoms with Gasteiger partial charge in [0.15, 0.2) is 0 Å². The summed E-state index contributed by atoms with van der Waals surface area (Å²) in [5.74, 6) is -0.328. The van der Waals surface area contributed by atoms with E-state index < -0.39 is 17.5 Å². The topological polar surface area (TPSA) is 108 Å². The summed E-state index contributed by atoms with van der Waals surface area (Å²) in [6.45, 7) is 4.19. The van der Waals surface area contributed by atoms with Crippen LogP contribution < -0.4 is 16.0 Å². The van der Waals surface area contributed by atoms with Crippen LogP contribution in [0.25, 0.3) is 0 Å². The summed E-state index contributed by atoms with van der Waals surface area (Å²) in [7, 11) is 0. The van der Waals surface area contributed by atoms with Crippen molar-refractivity contribution in [3.63, 3.8) is 0 Å². The van der Waals surface area contributed by atoms with Crippen molar-refractivity contribution in [3.8, 4) is 0 Å². The quantitative estimate of drug-likeness (QED) is 0.573. The van der Waals surface area contributed by atoms with Crippen LogP contribution in [0.3, 0.4) is 0 Å². The van der Waals surface area contributed by atoms with Gasteiger partial charge in [0, 0.05) is 24.2 Å². The van der Waals surface area contributed by atoms with E-state index in [4.69, 9.17) is 0 Å². The van der Waals surface area contributed by atoms with Crippen molar-refractivity contribution in [2.45, 2.75) is 70.0 Å². The largest absolute Gasteiger partial charge is 0.329 e. The molecule has 1 atom stereocenters. The van der Waals surface area contributed by atoms with Gasteiger partial charge in [-0.3, -0.25) is 19.7 Å². The zero-order chi connectivity index (χ0) is 24.7. The molecule has 1 unspecified atom stereocenters. The number of anilines is 1. The van der Waals surface area contributed by atoms with E-state index in [2.05, 4.69) is 40.2 Å². The van der Waals surface area contributed by atoms with Crippen molar-refractivity contribution in [1.29, 1.82) is 0 Å². The minimum Gasteiger partial charge on any atom is -0.329 e. The lowest BCUT2D eigenvalue weighted by Gasteiger charge is -2.29. The van der Waals surface area contributed by atoms with Gasteiger partial charge in [0.05, 0.1) is 5.54 Å². The zero-order valence-electron chi connectivity index (χ0n) is 20.0. The van der Waals surface area contributed by atoms with Gasteiger partial charge in [-0.05, 0) is 73.9 Å². The number of piperidine rings is 1. The molecule has 3 aliphatic rings. The minimum atomic E-state index is -0.663. The molecule has 0 spiro atoms. The Bertz CT molecular complexity index is 1200. The Balaban J connectivity index is 1.23. The third-order valence-corrected chi connectivity index (χ3v) is 7.42. The summed E-state index contributed by atoms with van der Waals surface area (Å²) < 4.78 is 0. The molecule has 2 aromatic rings. The Morgan fingerprint density at radius 2 is 1.77 bits per heavy atom. The van der Waals surface area contributed by atoms with E-state index in [0.29, 0.717) is 23.6 Å². The number of rotatable bonds is 5. The van der Waals surface area contributed by atoms with Crippen LogP contribution in [0.2, 0.25) is 0 Å². The molecule has 2 heterocycles. The minimum absolute atomic E-state index is 0.211. The number of hydrogen-bond donors (Lipinski definition) is 3. The van der Waals surface area contributed by atoms with Crippen LogP contribution in [0.15, 0.2) is 42.5 Å². The van der Waals surface area contributed by atoms with Crippen LogP contribution in [-0.4, -0.2) is 34.7 Å². The molecular formula is C27H30N4O4. The van der Waals surface area contributed by atoms with Gasteiger partial charge in [-0.2, -0.15) is 0 Å². The molecule has 5 rings (SSSR count). The zero-order valence-corrected chi connectivity index (χ0v) is 20.0. The maximum absolute atomic E-state index is 12.9. The maximum Gasteiger partial charge on any atom is 0.319 e. The van der Waals surface area contributed by atoms with E-state index in [1.807, 2.05) is 13.8 Å². The molecular weight excluding hydrogens is 444 g/mol. The number of imide groups is 1. The molecule has 0 radical (unpaired) electrons. The highest BCUT2D eigenvalue weighted by Gasteiger charge is 2.39. The first-order valence-corrected chi connectivity index (χ1v) is 12.2. The Kier molecular flexibility index (Phi) is 5.83. The number of fused-ring (bicyclic) bond motifs is 1. The number of hydrogen-bond acceptors (Lipinski definition) is 4. The third kappa shape index (κ3) is 4.52. The number of carbonyl (C=O) groups excluding carboxylic acids is 4.